The fraction of sp³-hybridized carbons (Fsp3) is 0.211. The zero-order valence-corrected chi connectivity index (χ0v) is 16.4. The molecule has 2 aromatic carbocycles. The first kappa shape index (κ1) is 18.4. The van der Waals surface area contributed by atoms with Crippen LogP contribution >= 0.6 is 22.6 Å². The van der Waals surface area contributed by atoms with E-state index in [1.165, 1.54) is 0 Å². The van der Waals surface area contributed by atoms with Crippen LogP contribution < -0.4 is 10.1 Å². The van der Waals surface area contributed by atoms with Crippen LogP contribution in [-0.2, 0) is 17.8 Å². The van der Waals surface area contributed by atoms with Gasteiger partial charge in [-0.1, -0.05) is 35.5 Å². The van der Waals surface area contributed by atoms with Gasteiger partial charge in [-0.05, 0) is 40.8 Å². The molecule has 0 radical (unpaired) electrons. The van der Waals surface area contributed by atoms with Crippen LogP contribution in [0.3, 0.4) is 0 Å². The summed E-state index contributed by atoms with van der Waals surface area (Å²) in [5, 5.41) is 6.85. The molecule has 0 aliphatic carbocycles. The van der Waals surface area contributed by atoms with Gasteiger partial charge in [0.1, 0.15) is 5.75 Å². The third-order valence-electron chi connectivity index (χ3n) is 3.80. The number of benzene rings is 2. The minimum atomic E-state index is -0.0788. The molecule has 3 aromatic rings. The van der Waals surface area contributed by atoms with Crippen molar-refractivity contribution < 1.29 is 14.1 Å². The van der Waals surface area contributed by atoms with Gasteiger partial charge < -0.3 is 14.6 Å². The molecule has 6 nitrogen and oxygen atoms in total. The van der Waals surface area contributed by atoms with Gasteiger partial charge in [0.15, 0.2) is 0 Å². The SMILES string of the molecule is COc1ccccc1CNC(=O)CCc1nc(-c2ccc(I)cc2)no1. The lowest BCUT2D eigenvalue weighted by Crippen LogP contribution is -2.23. The summed E-state index contributed by atoms with van der Waals surface area (Å²) in [7, 11) is 1.61. The Morgan fingerprint density at radius 3 is 2.73 bits per heavy atom. The van der Waals surface area contributed by atoms with Gasteiger partial charge in [-0.3, -0.25) is 4.79 Å². The predicted molar refractivity (Wildman–Crippen MR) is 106 cm³/mol. The molecule has 1 heterocycles. The minimum absolute atomic E-state index is 0.0788. The van der Waals surface area contributed by atoms with E-state index in [0.717, 1.165) is 20.4 Å². The van der Waals surface area contributed by atoms with Crippen LogP contribution in [-0.4, -0.2) is 23.2 Å². The fourth-order valence-corrected chi connectivity index (χ4v) is 2.78. The average molecular weight is 463 g/mol. The van der Waals surface area contributed by atoms with Gasteiger partial charge in [-0.25, -0.2) is 0 Å². The summed E-state index contributed by atoms with van der Waals surface area (Å²) < 4.78 is 11.7. The molecule has 134 valence electrons. The number of nitrogens with one attached hydrogen (secondary N) is 1. The standard InChI is InChI=1S/C19H18IN3O3/c1-25-16-5-3-2-4-14(16)12-21-17(24)10-11-18-22-19(23-26-18)13-6-8-15(20)9-7-13/h2-9H,10-12H2,1H3,(H,21,24). The first-order valence-corrected chi connectivity index (χ1v) is 9.20. The number of amides is 1. The molecule has 1 aromatic heterocycles. The maximum Gasteiger partial charge on any atom is 0.227 e. The summed E-state index contributed by atoms with van der Waals surface area (Å²) in [6.45, 7) is 0.417. The lowest BCUT2D eigenvalue weighted by molar-refractivity contribution is -0.121. The lowest BCUT2D eigenvalue weighted by Gasteiger charge is -2.09. The highest BCUT2D eigenvalue weighted by Gasteiger charge is 2.11. The van der Waals surface area contributed by atoms with E-state index in [0.29, 0.717) is 24.7 Å². The number of methoxy groups -OCH3 is 1. The Hall–Kier alpha value is -2.42. The summed E-state index contributed by atoms with van der Waals surface area (Å²) in [6.07, 6.45) is 0.679. The van der Waals surface area contributed by atoms with Crippen LogP contribution in [0.25, 0.3) is 11.4 Å². The Kier molecular flexibility index (Phi) is 6.21. The monoisotopic (exact) mass is 463 g/mol. The molecular formula is C19H18IN3O3. The van der Waals surface area contributed by atoms with Crippen molar-refractivity contribution in [1.82, 2.24) is 15.5 Å². The number of hydrogen-bond acceptors (Lipinski definition) is 5. The molecule has 0 aliphatic heterocycles. The molecule has 0 saturated heterocycles. The van der Waals surface area contributed by atoms with E-state index in [-0.39, 0.29) is 12.3 Å². The predicted octanol–water partition coefficient (Wildman–Crippen LogP) is 3.60. The molecule has 3 rings (SSSR count). The van der Waals surface area contributed by atoms with Crippen LogP contribution in [0.4, 0.5) is 0 Å². The third-order valence-corrected chi connectivity index (χ3v) is 4.52. The maximum absolute atomic E-state index is 12.1. The van der Waals surface area contributed by atoms with E-state index in [2.05, 4.69) is 38.0 Å². The first-order chi connectivity index (χ1) is 12.7. The van der Waals surface area contributed by atoms with Crippen LogP contribution in [0.1, 0.15) is 17.9 Å². The second-order valence-electron chi connectivity index (χ2n) is 5.61. The Morgan fingerprint density at radius 2 is 1.96 bits per heavy atom. The van der Waals surface area contributed by atoms with Gasteiger partial charge in [-0.2, -0.15) is 4.98 Å². The van der Waals surface area contributed by atoms with Gasteiger partial charge in [0, 0.05) is 34.1 Å². The second-order valence-corrected chi connectivity index (χ2v) is 6.85. The molecule has 1 amide bonds. The van der Waals surface area contributed by atoms with Gasteiger partial charge in [-0.15, -0.1) is 0 Å². The van der Waals surface area contributed by atoms with Crippen molar-refractivity contribution in [3.63, 3.8) is 0 Å². The Morgan fingerprint density at radius 1 is 1.19 bits per heavy atom. The van der Waals surface area contributed by atoms with Crippen molar-refractivity contribution >= 4 is 28.5 Å². The zero-order valence-electron chi connectivity index (χ0n) is 14.2. The Bertz CT molecular complexity index is 878. The number of carbonyl (C=O) groups is 1. The van der Waals surface area contributed by atoms with E-state index in [1.807, 2.05) is 48.5 Å². The lowest BCUT2D eigenvalue weighted by atomic mass is 10.2. The highest BCUT2D eigenvalue weighted by Crippen LogP contribution is 2.18. The van der Waals surface area contributed by atoms with Crippen LogP contribution in [0, 0.1) is 3.57 Å². The van der Waals surface area contributed by atoms with Gasteiger partial charge >= 0.3 is 0 Å². The summed E-state index contributed by atoms with van der Waals surface area (Å²) >= 11 is 2.24. The number of ether oxygens (including phenoxy) is 1. The smallest absolute Gasteiger partial charge is 0.227 e. The van der Waals surface area contributed by atoms with Crippen LogP contribution in [0.2, 0.25) is 0 Å². The average Bonchev–Trinajstić information content (AvgIpc) is 3.14. The number of para-hydroxylation sites is 1. The summed E-state index contributed by atoms with van der Waals surface area (Å²) in [4.78, 5) is 16.4. The molecule has 26 heavy (non-hydrogen) atoms. The number of halogens is 1. The quantitative estimate of drug-likeness (QED) is 0.542. The minimum Gasteiger partial charge on any atom is -0.496 e. The molecule has 0 saturated carbocycles. The molecule has 1 N–H and O–H groups in total. The molecular weight excluding hydrogens is 445 g/mol. The number of aromatic nitrogens is 2. The van der Waals surface area contributed by atoms with E-state index in [4.69, 9.17) is 9.26 Å². The summed E-state index contributed by atoms with van der Waals surface area (Å²) in [6, 6.07) is 15.4. The molecule has 0 aliphatic rings. The largest absolute Gasteiger partial charge is 0.496 e. The molecule has 0 atom stereocenters. The third kappa shape index (κ3) is 4.81. The number of nitrogens with zero attached hydrogens (tertiary/aromatic N) is 2. The number of hydrogen-bond donors (Lipinski definition) is 1. The number of aryl methyl sites for hydroxylation is 1. The zero-order chi connectivity index (χ0) is 18.4. The molecule has 0 spiro atoms. The second kappa shape index (κ2) is 8.79. The molecule has 0 fully saturated rings. The topological polar surface area (TPSA) is 77.2 Å². The van der Waals surface area contributed by atoms with E-state index < -0.39 is 0 Å². The van der Waals surface area contributed by atoms with Crippen molar-refractivity contribution in [3.8, 4) is 17.1 Å². The molecule has 7 heteroatoms. The van der Waals surface area contributed by atoms with E-state index in [9.17, 15) is 4.79 Å². The summed E-state index contributed by atoms with van der Waals surface area (Å²) in [5.41, 5.74) is 1.82. The Labute approximate surface area is 165 Å². The summed E-state index contributed by atoms with van der Waals surface area (Å²) in [5.74, 6) is 1.66. The normalized spacial score (nSPS) is 10.5. The maximum atomic E-state index is 12.1. The van der Waals surface area contributed by atoms with E-state index >= 15 is 0 Å². The molecule has 0 bridgehead atoms. The van der Waals surface area contributed by atoms with Crippen molar-refractivity contribution in [1.29, 1.82) is 0 Å². The van der Waals surface area contributed by atoms with Crippen molar-refractivity contribution in [2.45, 2.75) is 19.4 Å². The van der Waals surface area contributed by atoms with Crippen LogP contribution in [0.15, 0.2) is 53.1 Å². The fourth-order valence-electron chi connectivity index (χ4n) is 2.42. The van der Waals surface area contributed by atoms with Gasteiger partial charge in [0.05, 0.1) is 7.11 Å². The van der Waals surface area contributed by atoms with Gasteiger partial charge in [0.2, 0.25) is 17.6 Å². The van der Waals surface area contributed by atoms with Crippen molar-refractivity contribution in [3.05, 3.63) is 63.6 Å². The highest BCUT2D eigenvalue weighted by atomic mass is 127. The molecule has 0 unspecified atom stereocenters. The highest BCUT2D eigenvalue weighted by molar-refractivity contribution is 14.1. The van der Waals surface area contributed by atoms with Crippen molar-refractivity contribution in [2.75, 3.05) is 7.11 Å². The van der Waals surface area contributed by atoms with Gasteiger partial charge in [0.25, 0.3) is 0 Å². The van der Waals surface area contributed by atoms with E-state index in [1.54, 1.807) is 7.11 Å². The van der Waals surface area contributed by atoms with Crippen LogP contribution in [0.5, 0.6) is 5.75 Å². The Balaban J connectivity index is 1.51. The first-order valence-electron chi connectivity index (χ1n) is 8.13. The number of carbonyl (C=O) groups excluding carboxylic acids is 1. The van der Waals surface area contributed by atoms with Crippen molar-refractivity contribution in [2.24, 2.45) is 0 Å². The number of rotatable bonds is 7.